The molecule has 0 spiro atoms. The van der Waals surface area contributed by atoms with Crippen LogP contribution in [0.15, 0.2) is 36.0 Å². The molecule has 0 saturated heterocycles. The molecule has 1 aromatic rings. The summed E-state index contributed by atoms with van der Waals surface area (Å²) in [5, 5.41) is 0.700. The fourth-order valence-corrected chi connectivity index (χ4v) is 2.62. The average molecular weight is 280 g/mol. The molecular weight excluding hydrogens is 262 g/mol. The molecule has 1 fully saturated rings. The van der Waals surface area contributed by atoms with Crippen LogP contribution < -0.4 is 5.73 Å². The summed E-state index contributed by atoms with van der Waals surface area (Å²) >= 11 is 5.91. The molecule has 3 nitrogen and oxygen atoms in total. The third-order valence-corrected chi connectivity index (χ3v) is 3.97. The number of allylic oxidation sites excluding steroid dienone is 1. The van der Waals surface area contributed by atoms with E-state index in [1.807, 2.05) is 24.3 Å². The lowest BCUT2D eigenvalue weighted by Gasteiger charge is -2.43. The van der Waals surface area contributed by atoms with Crippen LogP contribution in [0.1, 0.15) is 31.7 Å². The number of benzene rings is 1. The predicted molar refractivity (Wildman–Crippen MR) is 75.9 cm³/mol. The Bertz CT molecular complexity index is 489. The molecule has 1 saturated carbocycles. The summed E-state index contributed by atoms with van der Waals surface area (Å²) in [6.07, 6.45) is 4.43. The minimum absolute atomic E-state index is 0.225. The Labute approximate surface area is 118 Å². The van der Waals surface area contributed by atoms with Crippen LogP contribution in [0.2, 0.25) is 5.02 Å². The van der Waals surface area contributed by atoms with Crippen molar-refractivity contribution < 1.29 is 9.53 Å². The molecule has 1 aromatic carbocycles. The van der Waals surface area contributed by atoms with E-state index in [0.717, 1.165) is 24.8 Å². The maximum Gasteiger partial charge on any atom is 0.332 e. The SMILES string of the molecule is CCOC(=O)/C=C(/N)C1(c2ccc(Cl)cc2)CCC1. The first-order chi connectivity index (χ1) is 9.08. The summed E-state index contributed by atoms with van der Waals surface area (Å²) in [5.41, 5.74) is 7.61. The van der Waals surface area contributed by atoms with E-state index in [0.29, 0.717) is 17.3 Å². The molecule has 0 radical (unpaired) electrons. The summed E-state index contributed by atoms with van der Waals surface area (Å²) in [4.78, 5) is 11.5. The van der Waals surface area contributed by atoms with E-state index in [1.54, 1.807) is 6.92 Å². The van der Waals surface area contributed by atoms with Crippen LogP contribution in [0.3, 0.4) is 0 Å². The summed E-state index contributed by atoms with van der Waals surface area (Å²) in [5.74, 6) is -0.375. The number of esters is 1. The van der Waals surface area contributed by atoms with Crippen LogP contribution in [0.5, 0.6) is 0 Å². The van der Waals surface area contributed by atoms with Gasteiger partial charge in [-0.1, -0.05) is 30.2 Å². The van der Waals surface area contributed by atoms with Crippen molar-refractivity contribution in [3.63, 3.8) is 0 Å². The molecule has 1 aliphatic rings. The van der Waals surface area contributed by atoms with Gasteiger partial charge < -0.3 is 10.5 Å². The van der Waals surface area contributed by atoms with Crippen molar-refractivity contribution in [1.82, 2.24) is 0 Å². The quantitative estimate of drug-likeness (QED) is 0.680. The van der Waals surface area contributed by atoms with E-state index >= 15 is 0 Å². The van der Waals surface area contributed by atoms with Crippen molar-refractivity contribution in [2.75, 3.05) is 6.61 Å². The van der Waals surface area contributed by atoms with E-state index in [4.69, 9.17) is 22.1 Å². The van der Waals surface area contributed by atoms with Gasteiger partial charge in [0.25, 0.3) is 0 Å². The van der Waals surface area contributed by atoms with Crippen molar-refractivity contribution in [1.29, 1.82) is 0 Å². The van der Waals surface area contributed by atoms with Crippen LogP contribution in [-0.2, 0) is 14.9 Å². The third-order valence-electron chi connectivity index (χ3n) is 3.72. The molecule has 2 N–H and O–H groups in total. The van der Waals surface area contributed by atoms with Gasteiger partial charge in [0.2, 0.25) is 0 Å². The zero-order valence-corrected chi connectivity index (χ0v) is 11.7. The Morgan fingerprint density at radius 1 is 1.42 bits per heavy atom. The lowest BCUT2D eigenvalue weighted by molar-refractivity contribution is -0.137. The third kappa shape index (κ3) is 2.76. The Morgan fingerprint density at radius 3 is 2.53 bits per heavy atom. The van der Waals surface area contributed by atoms with E-state index in [2.05, 4.69) is 0 Å². The highest BCUT2D eigenvalue weighted by molar-refractivity contribution is 6.30. The van der Waals surface area contributed by atoms with Crippen molar-refractivity contribution >= 4 is 17.6 Å². The maximum absolute atomic E-state index is 11.5. The number of ether oxygens (including phenoxy) is 1. The number of nitrogens with two attached hydrogens (primary N) is 1. The Morgan fingerprint density at radius 2 is 2.05 bits per heavy atom. The lowest BCUT2D eigenvalue weighted by atomic mass is 9.62. The summed E-state index contributed by atoms with van der Waals surface area (Å²) < 4.78 is 4.91. The molecule has 19 heavy (non-hydrogen) atoms. The number of rotatable bonds is 4. The van der Waals surface area contributed by atoms with Crippen LogP contribution in [0, 0.1) is 0 Å². The molecule has 0 aromatic heterocycles. The smallest absolute Gasteiger partial charge is 0.332 e. The van der Waals surface area contributed by atoms with Gasteiger partial charge in [0.05, 0.1) is 6.61 Å². The Hall–Kier alpha value is -1.48. The van der Waals surface area contributed by atoms with Crippen molar-refractivity contribution in [2.45, 2.75) is 31.6 Å². The second-order valence-electron chi connectivity index (χ2n) is 4.79. The topological polar surface area (TPSA) is 52.3 Å². The van der Waals surface area contributed by atoms with Gasteiger partial charge in [0, 0.05) is 22.2 Å². The highest BCUT2D eigenvalue weighted by Crippen LogP contribution is 2.47. The summed E-state index contributed by atoms with van der Waals surface area (Å²) in [6, 6.07) is 7.67. The normalized spacial score (nSPS) is 17.7. The number of hydrogen-bond acceptors (Lipinski definition) is 3. The molecule has 2 rings (SSSR count). The van der Waals surface area contributed by atoms with E-state index < -0.39 is 0 Å². The van der Waals surface area contributed by atoms with Crippen molar-refractivity contribution in [3.8, 4) is 0 Å². The minimum atomic E-state index is -0.375. The van der Waals surface area contributed by atoms with Gasteiger partial charge in [-0.3, -0.25) is 0 Å². The number of carbonyl (C=O) groups is 1. The van der Waals surface area contributed by atoms with E-state index in [1.165, 1.54) is 6.08 Å². The van der Waals surface area contributed by atoms with Gasteiger partial charge in [0.15, 0.2) is 0 Å². The molecule has 1 aliphatic carbocycles. The van der Waals surface area contributed by atoms with Crippen LogP contribution in [0.25, 0.3) is 0 Å². The summed E-state index contributed by atoms with van der Waals surface area (Å²) in [7, 11) is 0. The average Bonchev–Trinajstić information content (AvgIpc) is 2.30. The standard InChI is InChI=1S/C15H18ClNO2/c1-2-19-14(18)10-13(17)15(8-3-9-15)11-4-6-12(16)7-5-11/h4-7,10H,2-3,8-9,17H2,1H3/b13-10+. The lowest BCUT2D eigenvalue weighted by Crippen LogP contribution is -2.40. The predicted octanol–water partition coefficient (Wildman–Crippen LogP) is 3.17. The minimum Gasteiger partial charge on any atom is -0.463 e. The van der Waals surface area contributed by atoms with Gasteiger partial charge in [0.1, 0.15) is 0 Å². The zero-order valence-electron chi connectivity index (χ0n) is 11.0. The highest BCUT2D eigenvalue weighted by atomic mass is 35.5. The largest absolute Gasteiger partial charge is 0.463 e. The molecule has 4 heteroatoms. The fraction of sp³-hybridized carbons (Fsp3) is 0.400. The first-order valence-corrected chi connectivity index (χ1v) is 6.87. The van der Waals surface area contributed by atoms with Crippen LogP contribution in [0.4, 0.5) is 0 Å². The number of halogens is 1. The van der Waals surface area contributed by atoms with Crippen molar-refractivity contribution in [3.05, 3.63) is 46.6 Å². The van der Waals surface area contributed by atoms with E-state index in [-0.39, 0.29) is 11.4 Å². The van der Waals surface area contributed by atoms with Gasteiger partial charge in [-0.15, -0.1) is 0 Å². The molecular formula is C15H18ClNO2. The van der Waals surface area contributed by atoms with Gasteiger partial charge in [-0.25, -0.2) is 4.79 Å². The first kappa shape index (κ1) is 13.9. The second-order valence-corrected chi connectivity index (χ2v) is 5.23. The van der Waals surface area contributed by atoms with Crippen LogP contribution >= 0.6 is 11.6 Å². The molecule has 0 atom stereocenters. The molecule has 0 heterocycles. The molecule has 0 bridgehead atoms. The highest BCUT2D eigenvalue weighted by Gasteiger charge is 2.41. The molecule has 0 aliphatic heterocycles. The number of carbonyl (C=O) groups excluding carboxylic acids is 1. The molecule has 102 valence electrons. The van der Waals surface area contributed by atoms with Gasteiger partial charge in [-0.2, -0.15) is 0 Å². The summed E-state index contributed by atoms with van der Waals surface area (Å²) in [6.45, 7) is 2.14. The van der Waals surface area contributed by atoms with Gasteiger partial charge >= 0.3 is 5.97 Å². The number of hydrogen-bond donors (Lipinski definition) is 1. The van der Waals surface area contributed by atoms with Gasteiger partial charge in [-0.05, 0) is 37.5 Å². The Kier molecular flexibility index (Phi) is 4.15. The second kappa shape index (κ2) is 5.66. The van der Waals surface area contributed by atoms with E-state index in [9.17, 15) is 4.79 Å². The maximum atomic E-state index is 11.5. The van der Waals surface area contributed by atoms with Crippen LogP contribution in [-0.4, -0.2) is 12.6 Å². The molecule has 0 unspecified atom stereocenters. The molecule has 0 amide bonds. The fourth-order valence-electron chi connectivity index (χ4n) is 2.49. The zero-order chi connectivity index (χ0) is 13.9. The monoisotopic (exact) mass is 279 g/mol. The first-order valence-electron chi connectivity index (χ1n) is 6.49. The van der Waals surface area contributed by atoms with Crippen molar-refractivity contribution in [2.24, 2.45) is 5.73 Å². The Balaban J connectivity index is 2.27.